The van der Waals surface area contributed by atoms with Crippen LogP contribution in [0.1, 0.15) is 25.3 Å². The molecule has 0 radical (unpaired) electrons. The summed E-state index contributed by atoms with van der Waals surface area (Å²) in [6.07, 6.45) is 7.87. The fourth-order valence-electron chi connectivity index (χ4n) is 3.90. The van der Waals surface area contributed by atoms with E-state index in [1.807, 2.05) is 12.4 Å². The molecule has 0 spiro atoms. The van der Waals surface area contributed by atoms with Crippen LogP contribution in [0.25, 0.3) is 11.1 Å². The monoisotopic (exact) mass is 471 g/mol. The van der Waals surface area contributed by atoms with Crippen LogP contribution in [0.3, 0.4) is 0 Å². The lowest BCUT2D eigenvalue weighted by Crippen LogP contribution is -2.36. The Labute approximate surface area is 195 Å². The maximum Gasteiger partial charge on any atom is 0.225 e. The number of rotatable bonds is 7. The van der Waals surface area contributed by atoms with Crippen LogP contribution in [0.5, 0.6) is 5.75 Å². The number of benzene rings is 2. The highest BCUT2D eigenvalue weighted by atomic mass is 32.2. The molecule has 1 aliphatic rings. The molecule has 33 heavy (non-hydrogen) atoms. The molecule has 3 aromatic rings. The smallest absolute Gasteiger partial charge is 0.225 e. The summed E-state index contributed by atoms with van der Waals surface area (Å²) in [7, 11) is -1.10. The van der Waals surface area contributed by atoms with Crippen LogP contribution in [0.2, 0.25) is 0 Å². The van der Waals surface area contributed by atoms with Crippen molar-refractivity contribution in [2.24, 2.45) is 5.92 Å². The van der Waals surface area contributed by atoms with E-state index in [0.29, 0.717) is 16.0 Å². The summed E-state index contributed by atoms with van der Waals surface area (Å²) in [5, 5.41) is 0. The number of aromatic nitrogens is 2. The zero-order valence-electron chi connectivity index (χ0n) is 18.8. The number of hydrogen-bond donors (Lipinski definition) is 0. The Kier molecular flexibility index (Phi) is 7.33. The summed E-state index contributed by atoms with van der Waals surface area (Å²) >= 11 is 0. The average Bonchev–Trinajstić information content (AvgIpc) is 2.84. The van der Waals surface area contributed by atoms with Crippen molar-refractivity contribution in [1.29, 1.82) is 0 Å². The molecular formula is C25H27F2N3O2S. The van der Waals surface area contributed by atoms with E-state index in [2.05, 4.69) is 21.8 Å². The number of nitrogens with zero attached hydrogens (tertiary/aromatic N) is 3. The molecule has 0 bridgehead atoms. The van der Waals surface area contributed by atoms with Crippen molar-refractivity contribution in [3.63, 3.8) is 0 Å². The van der Waals surface area contributed by atoms with Gasteiger partial charge in [-0.1, -0.05) is 19.1 Å². The molecule has 2 heterocycles. The van der Waals surface area contributed by atoms with Crippen molar-refractivity contribution >= 4 is 16.7 Å². The molecule has 1 unspecified atom stereocenters. The van der Waals surface area contributed by atoms with Gasteiger partial charge in [0.15, 0.2) is 17.4 Å². The van der Waals surface area contributed by atoms with Gasteiger partial charge < -0.3 is 9.64 Å². The summed E-state index contributed by atoms with van der Waals surface area (Å²) in [6.45, 7) is 3.88. The molecule has 1 aromatic heterocycles. The summed E-state index contributed by atoms with van der Waals surface area (Å²) in [4.78, 5) is 11.7. The van der Waals surface area contributed by atoms with E-state index in [9.17, 15) is 13.0 Å². The van der Waals surface area contributed by atoms with E-state index in [4.69, 9.17) is 4.74 Å². The van der Waals surface area contributed by atoms with Crippen LogP contribution in [-0.2, 0) is 17.2 Å². The summed E-state index contributed by atoms with van der Waals surface area (Å²) in [5.41, 5.74) is 2.16. The van der Waals surface area contributed by atoms with Gasteiger partial charge in [-0.3, -0.25) is 4.21 Å². The first-order valence-corrected chi connectivity index (χ1v) is 12.6. The Morgan fingerprint density at radius 3 is 2.18 bits per heavy atom. The van der Waals surface area contributed by atoms with Crippen LogP contribution in [-0.4, -0.2) is 40.1 Å². The second-order valence-corrected chi connectivity index (χ2v) is 9.61. The van der Waals surface area contributed by atoms with Crippen LogP contribution in [0.4, 0.5) is 14.7 Å². The molecule has 5 nitrogen and oxygen atoms in total. The lowest BCUT2D eigenvalue weighted by molar-refractivity contribution is 0.207. The maximum absolute atomic E-state index is 14.7. The summed E-state index contributed by atoms with van der Waals surface area (Å²) in [5.74, 6) is -0.870. The second-order valence-electron chi connectivity index (χ2n) is 8.23. The number of halogens is 2. The highest BCUT2D eigenvalue weighted by molar-refractivity contribution is 7.84. The first-order valence-electron chi connectivity index (χ1n) is 11.1. The van der Waals surface area contributed by atoms with Crippen molar-refractivity contribution < 1.29 is 17.7 Å². The van der Waals surface area contributed by atoms with Gasteiger partial charge in [0.1, 0.15) is 0 Å². The third-order valence-electron chi connectivity index (χ3n) is 5.98. The van der Waals surface area contributed by atoms with E-state index in [1.165, 1.54) is 12.1 Å². The Hall–Kier alpha value is -2.87. The van der Waals surface area contributed by atoms with Crippen LogP contribution >= 0.6 is 0 Å². The van der Waals surface area contributed by atoms with Crippen molar-refractivity contribution in [2.75, 3.05) is 30.9 Å². The van der Waals surface area contributed by atoms with Gasteiger partial charge in [-0.05, 0) is 66.1 Å². The summed E-state index contributed by atoms with van der Waals surface area (Å²) in [6, 6.07) is 9.35. The largest absolute Gasteiger partial charge is 0.487 e. The molecule has 2 aromatic carbocycles. The number of aryl methyl sites for hydroxylation is 1. The van der Waals surface area contributed by atoms with Gasteiger partial charge in [-0.25, -0.2) is 18.7 Å². The predicted octanol–water partition coefficient (Wildman–Crippen LogP) is 5.02. The van der Waals surface area contributed by atoms with E-state index in [0.717, 1.165) is 43.9 Å². The minimum atomic E-state index is -1.10. The van der Waals surface area contributed by atoms with E-state index in [-0.39, 0.29) is 18.3 Å². The first kappa shape index (κ1) is 23.3. The number of hydrogen-bond acceptors (Lipinski definition) is 5. The quantitative estimate of drug-likeness (QED) is 0.485. The zero-order valence-corrected chi connectivity index (χ0v) is 19.6. The molecular weight excluding hydrogens is 444 g/mol. The second kappa shape index (κ2) is 10.4. The molecule has 1 saturated heterocycles. The highest BCUT2D eigenvalue weighted by Crippen LogP contribution is 2.30. The molecule has 8 heteroatoms. The van der Waals surface area contributed by atoms with Crippen LogP contribution < -0.4 is 9.64 Å². The normalized spacial score (nSPS) is 15.5. The Morgan fingerprint density at radius 1 is 1.03 bits per heavy atom. The first-order chi connectivity index (χ1) is 15.9. The molecule has 0 N–H and O–H groups in total. The molecule has 174 valence electrons. The van der Waals surface area contributed by atoms with Gasteiger partial charge in [-0.2, -0.15) is 0 Å². The number of ether oxygens (including phenoxy) is 1. The van der Waals surface area contributed by atoms with Crippen molar-refractivity contribution in [1.82, 2.24) is 9.97 Å². The lowest BCUT2D eigenvalue weighted by Gasteiger charge is -2.31. The zero-order chi connectivity index (χ0) is 23.4. The minimum Gasteiger partial charge on any atom is -0.487 e. The highest BCUT2D eigenvalue weighted by Gasteiger charge is 2.23. The van der Waals surface area contributed by atoms with Crippen LogP contribution in [0.15, 0.2) is 53.7 Å². The third-order valence-corrected chi connectivity index (χ3v) is 6.91. The van der Waals surface area contributed by atoms with E-state index in [1.54, 1.807) is 30.5 Å². The van der Waals surface area contributed by atoms with Gasteiger partial charge in [-0.15, -0.1) is 0 Å². The molecule has 4 rings (SSSR count). The molecule has 0 amide bonds. The van der Waals surface area contributed by atoms with Gasteiger partial charge in [0.2, 0.25) is 5.95 Å². The predicted molar refractivity (Wildman–Crippen MR) is 126 cm³/mol. The Morgan fingerprint density at radius 2 is 1.64 bits per heavy atom. The standard InChI is InChI=1S/C25H27F2N3O2S/c1-3-17-14-28-25(29-15-17)30-10-8-18(9-11-30)16-32-24-22(26)12-20(13-23(24)27)19-4-6-21(7-5-19)33(2)31/h4-7,12-15,18H,3,8-11,16H2,1-2H3. The van der Waals surface area contributed by atoms with Crippen LogP contribution in [0, 0.1) is 17.6 Å². The molecule has 1 atom stereocenters. The minimum absolute atomic E-state index is 0.206. The van der Waals surface area contributed by atoms with Gasteiger partial charge in [0.25, 0.3) is 0 Å². The van der Waals surface area contributed by atoms with E-state index >= 15 is 0 Å². The molecule has 1 aliphatic heterocycles. The maximum atomic E-state index is 14.7. The SMILES string of the molecule is CCc1cnc(N2CCC(COc3c(F)cc(-c4ccc(S(C)=O)cc4)cc3F)CC2)nc1. The molecule has 1 fully saturated rings. The van der Waals surface area contributed by atoms with Gasteiger partial charge in [0.05, 0.1) is 6.61 Å². The fraction of sp³-hybridized carbons (Fsp3) is 0.360. The molecule has 0 saturated carbocycles. The fourth-order valence-corrected chi connectivity index (χ4v) is 4.42. The van der Waals surface area contributed by atoms with Crippen molar-refractivity contribution in [3.05, 3.63) is 66.0 Å². The lowest BCUT2D eigenvalue weighted by atomic mass is 9.98. The number of anilines is 1. The van der Waals surface area contributed by atoms with Crippen molar-refractivity contribution in [2.45, 2.75) is 31.1 Å². The molecule has 0 aliphatic carbocycles. The Balaban J connectivity index is 1.35. The average molecular weight is 472 g/mol. The Bertz CT molecular complexity index is 1090. The topological polar surface area (TPSA) is 55.3 Å². The summed E-state index contributed by atoms with van der Waals surface area (Å²) < 4.78 is 46.4. The van der Waals surface area contributed by atoms with E-state index < -0.39 is 22.4 Å². The third kappa shape index (κ3) is 5.55. The van der Waals surface area contributed by atoms with Gasteiger partial charge in [0, 0.05) is 47.4 Å². The van der Waals surface area contributed by atoms with Crippen molar-refractivity contribution in [3.8, 4) is 16.9 Å². The number of piperidine rings is 1. The van der Waals surface area contributed by atoms with Gasteiger partial charge >= 0.3 is 0 Å².